The number of nitrogens with zero attached hydrogens (tertiary/aromatic N) is 3. The molecule has 0 aliphatic carbocycles. The van der Waals surface area contributed by atoms with E-state index < -0.39 is 0 Å². The molecule has 1 aromatic rings. The van der Waals surface area contributed by atoms with Gasteiger partial charge in [0.25, 0.3) is 0 Å². The van der Waals surface area contributed by atoms with Crippen molar-refractivity contribution in [3.05, 3.63) is 11.4 Å². The van der Waals surface area contributed by atoms with Crippen LogP contribution in [0.2, 0.25) is 0 Å². The van der Waals surface area contributed by atoms with Crippen molar-refractivity contribution in [1.29, 1.82) is 0 Å². The van der Waals surface area contributed by atoms with Crippen molar-refractivity contribution in [3.8, 4) is 0 Å². The standard InChI is InChI=1S/C16H28N4O/c1-5-7-14-18-15(17-4)12(3)16(19-14)20-10-8-13(9-11-20)21-6-2/h13H,5-11H2,1-4H3,(H,17,18,19). The number of piperidine rings is 1. The molecule has 1 aliphatic heterocycles. The quantitative estimate of drug-likeness (QED) is 0.873. The van der Waals surface area contributed by atoms with E-state index in [1.165, 1.54) is 0 Å². The third-order valence-corrected chi connectivity index (χ3v) is 4.02. The summed E-state index contributed by atoms with van der Waals surface area (Å²) in [5.41, 5.74) is 1.15. The van der Waals surface area contributed by atoms with Crippen molar-refractivity contribution < 1.29 is 4.74 Å². The Morgan fingerprint density at radius 1 is 1.24 bits per heavy atom. The molecule has 0 radical (unpaired) electrons. The Morgan fingerprint density at radius 2 is 1.95 bits per heavy atom. The molecule has 1 N–H and O–H groups in total. The van der Waals surface area contributed by atoms with Gasteiger partial charge in [-0.15, -0.1) is 0 Å². The summed E-state index contributed by atoms with van der Waals surface area (Å²) in [6.07, 6.45) is 4.56. The average Bonchev–Trinajstić information content (AvgIpc) is 2.50. The van der Waals surface area contributed by atoms with Crippen LogP contribution in [0.5, 0.6) is 0 Å². The van der Waals surface area contributed by atoms with Crippen LogP contribution in [0.1, 0.15) is 44.5 Å². The number of rotatable bonds is 6. The molecule has 0 amide bonds. The minimum Gasteiger partial charge on any atom is -0.378 e. The molecule has 0 saturated carbocycles. The zero-order valence-corrected chi connectivity index (χ0v) is 13.8. The van der Waals surface area contributed by atoms with E-state index in [-0.39, 0.29) is 0 Å². The van der Waals surface area contributed by atoms with Crippen molar-refractivity contribution >= 4 is 11.6 Å². The summed E-state index contributed by atoms with van der Waals surface area (Å²) in [6, 6.07) is 0. The van der Waals surface area contributed by atoms with Crippen molar-refractivity contribution in [3.63, 3.8) is 0 Å². The number of aromatic nitrogens is 2. The van der Waals surface area contributed by atoms with E-state index in [4.69, 9.17) is 9.72 Å². The lowest BCUT2D eigenvalue weighted by molar-refractivity contribution is 0.0458. The first-order valence-corrected chi connectivity index (χ1v) is 8.11. The highest BCUT2D eigenvalue weighted by molar-refractivity contribution is 5.58. The first-order chi connectivity index (χ1) is 10.2. The molecule has 2 rings (SSSR count). The molecular weight excluding hydrogens is 264 g/mol. The lowest BCUT2D eigenvalue weighted by Gasteiger charge is -2.33. The van der Waals surface area contributed by atoms with Crippen LogP contribution in [0.3, 0.4) is 0 Å². The van der Waals surface area contributed by atoms with E-state index >= 15 is 0 Å². The Hall–Kier alpha value is -1.36. The molecule has 1 aliphatic rings. The summed E-state index contributed by atoms with van der Waals surface area (Å²) >= 11 is 0. The highest BCUT2D eigenvalue weighted by atomic mass is 16.5. The smallest absolute Gasteiger partial charge is 0.137 e. The number of hydrogen-bond donors (Lipinski definition) is 1. The molecule has 0 atom stereocenters. The summed E-state index contributed by atoms with van der Waals surface area (Å²) < 4.78 is 5.73. The normalized spacial score (nSPS) is 16.3. The van der Waals surface area contributed by atoms with Crippen LogP contribution in [0, 0.1) is 6.92 Å². The van der Waals surface area contributed by atoms with Gasteiger partial charge < -0.3 is 15.0 Å². The van der Waals surface area contributed by atoms with Crippen molar-refractivity contribution in [2.45, 2.75) is 52.6 Å². The second-order valence-electron chi connectivity index (χ2n) is 5.58. The average molecular weight is 292 g/mol. The third kappa shape index (κ3) is 3.84. The molecule has 1 aromatic heterocycles. The fourth-order valence-corrected chi connectivity index (χ4v) is 2.91. The Bertz CT molecular complexity index is 456. The van der Waals surface area contributed by atoms with Crippen LogP contribution in [0.4, 0.5) is 11.6 Å². The Morgan fingerprint density at radius 3 is 2.52 bits per heavy atom. The zero-order chi connectivity index (χ0) is 15.2. The number of nitrogens with one attached hydrogen (secondary N) is 1. The lowest BCUT2D eigenvalue weighted by Crippen LogP contribution is -2.38. The number of aryl methyl sites for hydroxylation is 1. The number of hydrogen-bond acceptors (Lipinski definition) is 5. The summed E-state index contributed by atoms with van der Waals surface area (Å²) in [5, 5.41) is 3.20. The second-order valence-corrected chi connectivity index (χ2v) is 5.58. The van der Waals surface area contributed by atoms with Gasteiger partial charge >= 0.3 is 0 Å². The minimum atomic E-state index is 0.410. The van der Waals surface area contributed by atoms with Gasteiger partial charge in [0.1, 0.15) is 17.5 Å². The molecule has 1 saturated heterocycles. The molecule has 0 unspecified atom stereocenters. The van der Waals surface area contributed by atoms with Gasteiger partial charge in [0.15, 0.2) is 0 Å². The first-order valence-electron chi connectivity index (χ1n) is 8.11. The van der Waals surface area contributed by atoms with E-state index in [1.54, 1.807) is 0 Å². The van der Waals surface area contributed by atoms with Crippen LogP contribution >= 0.6 is 0 Å². The number of ether oxygens (including phenoxy) is 1. The topological polar surface area (TPSA) is 50.3 Å². The molecule has 2 heterocycles. The number of anilines is 2. The molecule has 5 nitrogen and oxygen atoms in total. The Kier molecular flexibility index (Phi) is 5.79. The van der Waals surface area contributed by atoms with Gasteiger partial charge in [-0.2, -0.15) is 0 Å². The maximum Gasteiger partial charge on any atom is 0.137 e. The van der Waals surface area contributed by atoms with E-state index in [1.807, 2.05) is 7.05 Å². The molecule has 21 heavy (non-hydrogen) atoms. The fourth-order valence-electron chi connectivity index (χ4n) is 2.91. The van der Waals surface area contributed by atoms with E-state index in [0.29, 0.717) is 6.10 Å². The fraction of sp³-hybridized carbons (Fsp3) is 0.750. The summed E-state index contributed by atoms with van der Waals surface area (Å²) in [6.45, 7) is 9.16. The maximum atomic E-state index is 5.73. The molecule has 5 heteroatoms. The van der Waals surface area contributed by atoms with Crippen molar-refractivity contribution in [1.82, 2.24) is 9.97 Å². The van der Waals surface area contributed by atoms with Crippen LogP contribution < -0.4 is 10.2 Å². The largest absolute Gasteiger partial charge is 0.378 e. The first kappa shape index (κ1) is 16.0. The van der Waals surface area contributed by atoms with Crippen LogP contribution in [0.15, 0.2) is 0 Å². The molecule has 1 fully saturated rings. The van der Waals surface area contributed by atoms with Crippen molar-refractivity contribution in [2.75, 3.05) is 37.0 Å². The van der Waals surface area contributed by atoms with Gasteiger partial charge in [0, 0.05) is 38.7 Å². The molecule has 118 valence electrons. The second kappa shape index (κ2) is 7.59. The SMILES string of the molecule is CCCc1nc(NC)c(C)c(N2CCC(OCC)CC2)n1. The predicted octanol–water partition coefficient (Wildman–Crippen LogP) is 2.78. The van der Waals surface area contributed by atoms with Crippen LogP contribution in [0.25, 0.3) is 0 Å². The molecule has 0 spiro atoms. The Labute approximate surface area is 128 Å². The van der Waals surface area contributed by atoms with Gasteiger partial charge in [-0.05, 0) is 33.1 Å². The van der Waals surface area contributed by atoms with E-state index in [9.17, 15) is 0 Å². The van der Waals surface area contributed by atoms with Crippen molar-refractivity contribution in [2.24, 2.45) is 0 Å². The van der Waals surface area contributed by atoms with Crippen LogP contribution in [-0.4, -0.2) is 42.8 Å². The van der Waals surface area contributed by atoms with Crippen LogP contribution in [-0.2, 0) is 11.2 Å². The maximum absolute atomic E-state index is 5.73. The van der Waals surface area contributed by atoms with Gasteiger partial charge in [-0.25, -0.2) is 9.97 Å². The highest BCUT2D eigenvalue weighted by Crippen LogP contribution is 2.27. The molecule has 0 aromatic carbocycles. The predicted molar refractivity (Wildman–Crippen MR) is 87.2 cm³/mol. The van der Waals surface area contributed by atoms with Gasteiger partial charge in [0.05, 0.1) is 6.10 Å². The Balaban J connectivity index is 2.17. The van der Waals surface area contributed by atoms with Gasteiger partial charge in [-0.1, -0.05) is 6.92 Å². The van der Waals surface area contributed by atoms with E-state index in [2.05, 4.69) is 36.0 Å². The lowest BCUT2D eigenvalue weighted by atomic mass is 10.1. The summed E-state index contributed by atoms with van der Waals surface area (Å²) in [7, 11) is 1.93. The third-order valence-electron chi connectivity index (χ3n) is 4.02. The van der Waals surface area contributed by atoms with Gasteiger partial charge in [-0.3, -0.25) is 0 Å². The molecular formula is C16H28N4O. The molecule has 0 bridgehead atoms. The monoisotopic (exact) mass is 292 g/mol. The minimum absolute atomic E-state index is 0.410. The van der Waals surface area contributed by atoms with E-state index in [0.717, 1.165) is 68.4 Å². The summed E-state index contributed by atoms with van der Waals surface area (Å²) in [4.78, 5) is 11.8. The van der Waals surface area contributed by atoms with Gasteiger partial charge in [0.2, 0.25) is 0 Å². The highest BCUT2D eigenvalue weighted by Gasteiger charge is 2.23. The zero-order valence-electron chi connectivity index (χ0n) is 13.8. The summed E-state index contributed by atoms with van der Waals surface area (Å²) in [5.74, 6) is 2.98.